The zero-order valence-corrected chi connectivity index (χ0v) is 11.6. The molecule has 3 nitrogen and oxygen atoms in total. The Balaban J connectivity index is 0.00000144. The molecule has 2 N–H and O–H groups in total. The van der Waals surface area contributed by atoms with Crippen LogP contribution < -0.4 is 5.73 Å². The molecular formula is C12H19ClN2OS. The Morgan fingerprint density at radius 3 is 2.65 bits per heavy atom. The number of carbonyl (C=O) groups is 1. The van der Waals surface area contributed by atoms with Crippen LogP contribution in [0, 0.1) is 5.92 Å². The van der Waals surface area contributed by atoms with E-state index in [1.807, 2.05) is 22.4 Å². The molecule has 0 aliphatic carbocycles. The molecule has 2 rings (SSSR count). The highest BCUT2D eigenvalue weighted by molar-refractivity contribution is 7.12. The number of carbonyl (C=O) groups excluding carboxylic acids is 1. The van der Waals surface area contributed by atoms with Crippen LogP contribution in [0.25, 0.3) is 0 Å². The fourth-order valence-corrected chi connectivity index (χ4v) is 2.88. The van der Waals surface area contributed by atoms with Crippen LogP contribution in [0.5, 0.6) is 0 Å². The summed E-state index contributed by atoms with van der Waals surface area (Å²) < 4.78 is 0. The third-order valence-electron chi connectivity index (χ3n) is 3.30. The van der Waals surface area contributed by atoms with Crippen LogP contribution in [0.15, 0.2) is 17.5 Å². The molecule has 17 heavy (non-hydrogen) atoms. The third-order valence-corrected chi connectivity index (χ3v) is 4.16. The van der Waals surface area contributed by atoms with Gasteiger partial charge in [0, 0.05) is 19.1 Å². The molecule has 0 radical (unpaired) electrons. The molecule has 5 heteroatoms. The van der Waals surface area contributed by atoms with Gasteiger partial charge in [-0.05, 0) is 37.1 Å². The largest absolute Gasteiger partial charge is 0.338 e. The summed E-state index contributed by atoms with van der Waals surface area (Å²) in [6.07, 6.45) is 2.07. The van der Waals surface area contributed by atoms with E-state index in [1.54, 1.807) is 0 Å². The topological polar surface area (TPSA) is 46.3 Å². The van der Waals surface area contributed by atoms with E-state index in [9.17, 15) is 4.79 Å². The molecular weight excluding hydrogens is 256 g/mol. The van der Waals surface area contributed by atoms with Crippen molar-refractivity contribution in [2.75, 3.05) is 13.1 Å². The molecule has 1 saturated heterocycles. The lowest BCUT2D eigenvalue weighted by atomic mass is 9.91. The average molecular weight is 275 g/mol. The lowest BCUT2D eigenvalue weighted by Gasteiger charge is -2.33. The number of rotatable bonds is 2. The predicted octanol–water partition coefficient (Wildman–Crippen LogP) is 2.37. The first-order valence-electron chi connectivity index (χ1n) is 5.77. The molecule has 1 unspecified atom stereocenters. The van der Waals surface area contributed by atoms with Gasteiger partial charge in [-0.2, -0.15) is 0 Å². The molecule has 2 heterocycles. The molecule has 0 saturated carbocycles. The highest BCUT2D eigenvalue weighted by atomic mass is 35.5. The molecule has 1 fully saturated rings. The molecule has 96 valence electrons. The van der Waals surface area contributed by atoms with E-state index in [4.69, 9.17) is 5.73 Å². The number of nitrogens with zero attached hydrogens (tertiary/aromatic N) is 1. The van der Waals surface area contributed by atoms with E-state index in [1.165, 1.54) is 11.3 Å². The number of amides is 1. The number of piperidine rings is 1. The van der Waals surface area contributed by atoms with Gasteiger partial charge in [0.05, 0.1) is 4.88 Å². The minimum atomic E-state index is 0. The van der Waals surface area contributed by atoms with Crippen molar-refractivity contribution >= 4 is 29.7 Å². The van der Waals surface area contributed by atoms with Gasteiger partial charge in [-0.1, -0.05) is 6.07 Å². The van der Waals surface area contributed by atoms with E-state index in [0.29, 0.717) is 5.92 Å². The summed E-state index contributed by atoms with van der Waals surface area (Å²) in [7, 11) is 0. The summed E-state index contributed by atoms with van der Waals surface area (Å²) in [5.74, 6) is 0.755. The second kappa shape index (κ2) is 6.38. The van der Waals surface area contributed by atoms with Gasteiger partial charge in [-0.25, -0.2) is 0 Å². The van der Waals surface area contributed by atoms with Crippen molar-refractivity contribution in [2.24, 2.45) is 11.7 Å². The monoisotopic (exact) mass is 274 g/mol. The van der Waals surface area contributed by atoms with Crippen LogP contribution in [0.2, 0.25) is 0 Å². The van der Waals surface area contributed by atoms with E-state index >= 15 is 0 Å². The highest BCUT2D eigenvalue weighted by Gasteiger charge is 2.25. The number of thiophene rings is 1. The van der Waals surface area contributed by atoms with Gasteiger partial charge in [0.25, 0.3) is 5.91 Å². The molecule has 0 spiro atoms. The fraction of sp³-hybridized carbons (Fsp3) is 0.583. The summed E-state index contributed by atoms with van der Waals surface area (Å²) >= 11 is 1.52. The van der Waals surface area contributed by atoms with Crippen molar-refractivity contribution in [3.8, 4) is 0 Å². The van der Waals surface area contributed by atoms with E-state index in [-0.39, 0.29) is 24.4 Å². The average Bonchev–Trinajstić information content (AvgIpc) is 2.81. The lowest BCUT2D eigenvalue weighted by Crippen LogP contribution is -2.42. The molecule has 0 aromatic carbocycles. The number of hydrogen-bond acceptors (Lipinski definition) is 3. The van der Waals surface area contributed by atoms with Gasteiger partial charge in [0.1, 0.15) is 0 Å². The smallest absolute Gasteiger partial charge is 0.263 e. The number of likely N-dealkylation sites (tertiary alicyclic amines) is 1. The van der Waals surface area contributed by atoms with Crippen LogP contribution in [0.1, 0.15) is 29.4 Å². The van der Waals surface area contributed by atoms with Crippen molar-refractivity contribution in [3.63, 3.8) is 0 Å². The van der Waals surface area contributed by atoms with Gasteiger partial charge >= 0.3 is 0 Å². The molecule has 1 amide bonds. The first-order chi connectivity index (χ1) is 7.68. The van der Waals surface area contributed by atoms with E-state index in [2.05, 4.69) is 6.92 Å². The van der Waals surface area contributed by atoms with Crippen LogP contribution in [-0.2, 0) is 0 Å². The first-order valence-corrected chi connectivity index (χ1v) is 6.65. The minimum absolute atomic E-state index is 0. The molecule has 1 atom stereocenters. The normalized spacial score (nSPS) is 18.6. The van der Waals surface area contributed by atoms with Crippen LogP contribution >= 0.6 is 23.7 Å². The number of halogens is 1. The second-order valence-corrected chi connectivity index (χ2v) is 5.41. The van der Waals surface area contributed by atoms with Gasteiger partial charge in [0.2, 0.25) is 0 Å². The Kier molecular flexibility index (Phi) is 5.43. The van der Waals surface area contributed by atoms with E-state index < -0.39 is 0 Å². The van der Waals surface area contributed by atoms with Crippen LogP contribution in [0.3, 0.4) is 0 Å². The predicted molar refractivity (Wildman–Crippen MR) is 73.8 cm³/mol. The molecule has 1 aromatic rings. The Bertz CT molecular complexity index is 345. The SMILES string of the molecule is CC(N)C1CCN(C(=O)c2cccs2)CC1.Cl. The van der Waals surface area contributed by atoms with Crippen molar-refractivity contribution in [2.45, 2.75) is 25.8 Å². The number of nitrogens with two attached hydrogens (primary N) is 1. The quantitative estimate of drug-likeness (QED) is 0.900. The highest BCUT2D eigenvalue weighted by Crippen LogP contribution is 2.22. The Labute approximate surface area is 112 Å². The fourth-order valence-electron chi connectivity index (χ4n) is 2.18. The Morgan fingerprint density at radius 1 is 1.53 bits per heavy atom. The van der Waals surface area contributed by atoms with Gasteiger partial charge in [-0.15, -0.1) is 23.7 Å². The zero-order chi connectivity index (χ0) is 11.5. The second-order valence-electron chi connectivity index (χ2n) is 4.47. The van der Waals surface area contributed by atoms with Crippen molar-refractivity contribution in [1.29, 1.82) is 0 Å². The van der Waals surface area contributed by atoms with Crippen molar-refractivity contribution in [1.82, 2.24) is 4.90 Å². The minimum Gasteiger partial charge on any atom is -0.338 e. The standard InChI is InChI=1S/C12H18N2OS.ClH/c1-9(13)10-4-6-14(7-5-10)12(15)11-3-2-8-16-11;/h2-3,8-10H,4-7,13H2,1H3;1H. The molecule has 1 aliphatic rings. The van der Waals surface area contributed by atoms with Gasteiger partial charge in [-0.3, -0.25) is 4.79 Å². The summed E-state index contributed by atoms with van der Waals surface area (Å²) in [6, 6.07) is 4.07. The first kappa shape index (κ1) is 14.5. The third kappa shape index (κ3) is 3.44. The summed E-state index contributed by atoms with van der Waals surface area (Å²) in [4.78, 5) is 14.8. The van der Waals surface area contributed by atoms with Crippen LogP contribution in [0.4, 0.5) is 0 Å². The van der Waals surface area contributed by atoms with Crippen molar-refractivity contribution in [3.05, 3.63) is 22.4 Å². The maximum atomic E-state index is 12.0. The van der Waals surface area contributed by atoms with Crippen molar-refractivity contribution < 1.29 is 4.79 Å². The lowest BCUT2D eigenvalue weighted by molar-refractivity contribution is 0.0686. The Morgan fingerprint density at radius 2 is 2.18 bits per heavy atom. The van der Waals surface area contributed by atoms with E-state index in [0.717, 1.165) is 30.8 Å². The summed E-state index contributed by atoms with van der Waals surface area (Å²) in [5.41, 5.74) is 5.88. The zero-order valence-electron chi connectivity index (χ0n) is 9.96. The maximum Gasteiger partial charge on any atom is 0.263 e. The summed E-state index contributed by atoms with van der Waals surface area (Å²) in [5, 5.41) is 1.95. The van der Waals surface area contributed by atoms with Gasteiger partial charge < -0.3 is 10.6 Å². The summed E-state index contributed by atoms with van der Waals surface area (Å²) in [6.45, 7) is 3.76. The molecule has 0 bridgehead atoms. The number of hydrogen-bond donors (Lipinski definition) is 1. The van der Waals surface area contributed by atoms with Gasteiger partial charge in [0.15, 0.2) is 0 Å². The Hall–Kier alpha value is -0.580. The maximum absolute atomic E-state index is 12.0. The molecule has 1 aromatic heterocycles. The van der Waals surface area contributed by atoms with Crippen LogP contribution in [-0.4, -0.2) is 29.9 Å². The molecule has 1 aliphatic heterocycles.